The fourth-order valence-corrected chi connectivity index (χ4v) is 4.70. The minimum Gasteiger partial charge on any atom is -0.497 e. The Labute approximate surface area is 205 Å². The molecule has 0 aliphatic rings. The van der Waals surface area contributed by atoms with Gasteiger partial charge in [-0.05, 0) is 48.9 Å². The van der Waals surface area contributed by atoms with Crippen LogP contribution in [0.5, 0.6) is 17.2 Å². The van der Waals surface area contributed by atoms with Crippen LogP contribution in [0.4, 0.5) is 5.69 Å². The molecule has 0 saturated carbocycles. The minimum atomic E-state index is -4.16. The van der Waals surface area contributed by atoms with Gasteiger partial charge in [0.2, 0.25) is 0 Å². The van der Waals surface area contributed by atoms with Crippen molar-refractivity contribution in [2.75, 3.05) is 32.2 Å². The molecule has 3 aromatic rings. The summed E-state index contributed by atoms with van der Waals surface area (Å²) in [5.74, 6) is 0.555. The zero-order valence-electron chi connectivity index (χ0n) is 19.9. The van der Waals surface area contributed by atoms with E-state index in [4.69, 9.17) is 14.2 Å². The summed E-state index contributed by atoms with van der Waals surface area (Å²) in [6.07, 6.45) is 1.49. The van der Waals surface area contributed by atoms with Crippen molar-refractivity contribution in [3.8, 4) is 17.2 Å². The molecule has 0 bridgehead atoms. The van der Waals surface area contributed by atoms with E-state index in [-0.39, 0.29) is 16.3 Å². The third-order valence-corrected chi connectivity index (χ3v) is 6.81. The standard InChI is InChI=1S/C25H27N3O6S/c1-18-6-5-7-19(14-18)16-26-27-25(29)17-28(20-8-10-21(32-2)11-9-20)35(30,31)22-12-13-23(33-3)24(15-22)34-4/h5-16H,17H2,1-4H3,(H,27,29). The van der Waals surface area contributed by atoms with E-state index in [0.717, 1.165) is 15.4 Å². The lowest BCUT2D eigenvalue weighted by Gasteiger charge is -2.24. The van der Waals surface area contributed by atoms with Crippen molar-refractivity contribution in [2.24, 2.45) is 5.10 Å². The van der Waals surface area contributed by atoms with Gasteiger partial charge in [-0.15, -0.1) is 0 Å². The number of ether oxygens (including phenoxy) is 3. The van der Waals surface area contributed by atoms with Crippen molar-refractivity contribution < 1.29 is 27.4 Å². The highest BCUT2D eigenvalue weighted by Crippen LogP contribution is 2.32. The molecule has 0 aromatic heterocycles. The molecule has 0 aliphatic carbocycles. The third kappa shape index (κ3) is 6.30. The highest BCUT2D eigenvalue weighted by atomic mass is 32.2. The van der Waals surface area contributed by atoms with Crippen LogP contribution >= 0.6 is 0 Å². The number of hydrogen-bond donors (Lipinski definition) is 1. The Hall–Kier alpha value is -4.05. The molecule has 3 aromatic carbocycles. The first kappa shape index (κ1) is 25.6. The largest absolute Gasteiger partial charge is 0.497 e. The number of benzene rings is 3. The lowest BCUT2D eigenvalue weighted by Crippen LogP contribution is -2.39. The summed E-state index contributed by atoms with van der Waals surface area (Å²) in [6, 6.07) is 18.1. The molecule has 9 nitrogen and oxygen atoms in total. The number of anilines is 1. The summed E-state index contributed by atoms with van der Waals surface area (Å²) in [6.45, 7) is 1.44. The zero-order valence-corrected chi connectivity index (χ0v) is 20.7. The molecule has 35 heavy (non-hydrogen) atoms. The second-order valence-electron chi connectivity index (χ2n) is 7.43. The Morgan fingerprint density at radius 1 is 0.943 bits per heavy atom. The number of methoxy groups -OCH3 is 3. The number of carbonyl (C=O) groups excluding carboxylic acids is 1. The molecule has 0 aliphatic heterocycles. The third-order valence-electron chi connectivity index (χ3n) is 5.04. The fourth-order valence-electron chi connectivity index (χ4n) is 3.26. The number of hydrazone groups is 1. The van der Waals surface area contributed by atoms with Crippen molar-refractivity contribution in [3.05, 3.63) is 77.9 Å². The summed E-state index contributed by atoms with van der Waals surface area (Å²) in [5.41, 5.74) is 4.52. The molecule has 0 spiro atoms. The average molecular weight is 498 g/mol. The Bertz CT molecular complexity index is 1310. The first-order chi connectivity index (χ1) is 16.8. The van der Waals surface area contributed by atoms with Crippen LogP contribution in [0.1, 0.15) is 11.1 Å². The number of sulfonamides is 1. The van der Waals surface area contributed by atoms with Gasteiger partial charge >= 0.3 is 0 Å². The first-order valence-corrected chi connectivity index (χ1v) is 12.0. The Morgan fingerprint density at radius 2 is 1.66 bits per heavy atom. The van der Waals surface area contributed by atoms with Gasteiger partial charge in [0.1, 0.15) is 12.3 Å². The van der Waals surface area contributed by atoms with Crippen LogP contribution in [0.2, 0.25) is 0 Å². The molecule has 0 unspecified atom stereocenters. The lowest BCUT2D eigenvalue weighted by molar-refractivity contribution is -0.119. The summed E-state index contributed by atoms with van der Waals surface area (Å²) >= 11 is 0. The SMILES string of the molecule is COc1ccc(N(CC(=O)NN=Cc2cccc(C)c2)S(=O)(=O)c2ccc(OC)c(OC)c2)cc1. The van der Waals surface area contributed by atoms with Gasteiger partial charge in [0.05, 0.1) is 38.1 Å². The maximum atomic E-state index is 13.6. The Morgan fingerprint density at radius 3 is 2.29 bits per heavy atom. The van der Waals surface area contributed by atoms with Crippen LogP contribution in [0.3, 0.4) is 0 Å². The van der Waals surface area contributed by atoms with Gasteiger partial charge in [0.25, 0.3) is 15.9 Å². The summed E-state index contributed by atoms with van der Waals surface area (Å²) in [5, 5.41) is 3.96. The number of nitrogens with one attached hydrogen (secondary N) is 1. The fraction of sp³-hybridized carbons (Fsp3) is 0.200. The van der Waals surface area contributed by atoms with E-state index in [1.165, 1.54) is 45.7 Å². The van der Waals surface area contributed by atoms with Gasteiger partial charge in [-0.1, -0.05) is 29.8 Å². The van der Waals surface area contributed by atoms with E-state index in [2.05, 4.69) is 10.5 Å². The molecule has 1 N–H and O–H groups in total. The van der Waals surface area contributed by atoms with Crippen molar-refractivity contribution in [3.63, 3.8) is 0 Å². The van der Waals surface area contributed by atoms with E-state index in [1.54, 1.807) is 24.3 Å². The summed E-state index contributed by atoms with van der Waals surface area (Å²) < 4.78 is 43.8. The van der Waals surface area contributed by atoms with Crippen LogP contribution in [0.25, 0.3) is 0 Å². The van der Waals surface area contributed by atoms with Crippen LogP contribution in [-0.4, -0.2) is 48.4 Å². The Balaban J connectivity index is 1.90. The second-order valence-corrected chi connectivity index (χ2v) is 9.30. The normalized spacial score (nSPS) is 11.2. The predicted octanol–water partition coefficient (Wildman–Crippen LogP) is 3.37. The van der Waals surface area contributed by atoms with Crippen molar-refractivity contribution >= 4 is 27.8 Å². The van der Waals surface area contributed by atoms with Crippen LogP contribution in [0.15, 0.2) is 76.7 Å². The monoisotopic (exact) mass is 497 g/mol. The van der Waals surface area contributed by atoms with Gasteiger partial charge < -0.3 is 14.2 Å². The average Bonchev–Trinajstić information content (AvgIpc) is 2.87. The summed E-state index contributed by atoms with van der Waals surface area (Å²) in [4.78, 5) is 12.6. The molecule has 1 amide bonds. The van der Waals surface area contributed by atoms with Gasteiger partial charge in [-0.2, -0.15) is 5.10 Å². The molecule has 0 heterocycles. The van der Waals surface area contributed by atoms with Gasteiger partial charge in [0, 0.05) is 6.07 Å². The molecule has 3 rings (SSSR count). The quantitative estimate of drug-likeness (QED) is 0.340. The first-order valence-electron chi connectivity index (χ1n) is 10.6. The smallest absolute Gasteiger partial charge is 0.264 e. The van der Waals surface area contributed by atoms with E-state index in [9.17, 15) is 13.2 Å². The highest BCUT2D eigenvalue weighted by molar-refractivity contribution is 7.92. The zero-order chi connectivity index (χ0) is 25.4. The number of carbonyl (C=O) groups is 1. The molecule has 0 radical (unpaired) electrons. The molecular weight excluding hydrogens is 470 g/mol. The topological polar surface area (TPSA) is 107 Å². The van der Waals surface area contributed by atoms with Crippen LogP contribution < -0.4 is 23.9 Å². The van der Waals surface area contributed by atoms with Gasteiger partial charge in [-0.25, -0.2) is 13.8 Å². The maximum Gasteiger partial charge on any atom is 0.264 e. The number of rotatable bonds is 10. The van der Waals surface area contributed by atoms with Crippen LogP contribution in [0, 0.1) is 6.92 Å². The molecular formula is C25H27N3O6S. The highest BCUT2D eigenvalue weighted by Gasteiger charge is 2.28. The number of amides is 1. The number of nitrogens with zero attached hydrogens (tertiary/aromatic N) is 2. The summed E-state index contributed by atoms with van der Waals surface area (Å²) in [7, 11) is 0.209. The number of aryl methyl sites for hydroxylation is 1. The predicted molar refractivity (Wildman–Crippen MR) is 134 cm³/mol. The van der Waals surface area contributed by atoms with E-state index in [1.807, 2.05) is 31.2 Å². The molecule has 184 valence electrons. The lowest BCUT2D eigenvalue weighted by atomic mass is 10.2. The van der Waals surface area contributed by atoms with E-state index < -0.39 is 22.5 Å². The molecule has 0 saturated heterocycles. The van der Waals surface area contributed by atoms with Gasteiger partial charge in [0.15, 0.2) is 11.5 Å². The molecule has 0 fully saturated rings. The molecule has 10 heteroatoms. The van der Waals surface area contributed by atoms with E-state index in [0.29, 0.717) is 11.5 Å². The number of hydrogen-bond acceptors (Lipinski definition) is 7. The van der Waals surface area contributed by atoms with E-state index >= 15 is 0 Å². The van der Waals surface area contributed by atoms with Crippen LogP contribution in [-0.2, 0) is 14.8 Å². The Kier molecular flexibility index (Phi) is 8.32. The van der Waals surface area contributed by atoms with Gasteiger partial charge in [-0.3, -0.25) is 9.10 Å². The second kappa shape index (κ2) is 11.4. The van der Waals surface area contributed by atoms with Crippen molar-refractivity contribution in [2.45, 2.75) is 11.8 Å². The van der Waals surface area contributed by atoms with Crippen molar-refractivity contribution in [1.29, 1.82) is 0 Å². The minimum absolute atomic E-state index is 0.0676. The maximum absolute atomic E-state index is 13.6. The van der Waals surface area contributed by atoms with Crippen molar-refractivity contribution in [1.82, 2.24) is 5.43 Å². The molecule has 0 atom stereocenters.